The fraction of sp³-hybridized carbons (Fsp3) is 0.308. The minimum absolute atomic E-state index is 0.0836. The molecule has 0 N–H and O–H groups in total. The van der Waals surface area contributed by atoms with E-state index in [-0.39, 0.29) is 23.4 Å². The third-order valence-electron chi connectivity index (χ3n) is 2.40. The van der Waals surface area contributed by atoms with E-state index in [9.17, 15) is 19.7 Å². The van der Waals surface area contributed by atoms with Crippen LogP contribution in [0, 0.1) is 10.1 Å². The van der Waals surface area contributed by atoms with Crippen molar-refractivity contribution in [3.63, 3.8) is 0 Å². The molecule has 0 radical (unpaired) electrons. The molecule has 1 aromatic rings. The van der Waals surface area contributed by atoms with Crippen LogP contribution in [0.25, 0.3) is 0 Å². The van der Waals surface area contributed by atoms with E-state index < -0.39 is 16.9 Å². The summed E-state index contributed by atoms with van der Waals surface area (Å²) in [4.78, 5) is 36.7. The third-order valence-corrected chi connectivity index (χ3v) is 2.40. The monoisotopic (exact) mass is 294 g/mol. The van der Waals surface area contributed by atoms with Crippen molar-refractivity contribution in [2.24, 2.45) is 0 Å². The maximum absolute atomic E-state index is 11.7. The number of nitro groups is 1. The molecule has 0 amide bonds. The van der Waals surface area contributed by atoms with E-state index in [0.717, 1.165) is 24.7 Å². The largest absolute Gasteiger partial charge is 0.463 e. The van der Waals surface area contributed by atoms with Gasteiger partial charge >= 0.3 is 11.9 Å². The lowest BCUT2D eigenvalue weighted by atomic mass is 10.2. The van der Waals surface area contributed by atoms with Crippen molar-refractivity contribution < 1.29 is 24.0 Å². The molecule has 0 aliphatic rings. The van der Waals surface area contributed by atoms with Crippen LogP contribution >= 0.6 is 0 Å². The quantitative estimate of drug-likeness (QED) is 0.259. The maximum Gasteiger partial charge on any atom is 0.344 e. The van der Waals surface area contributed by atoms with Crippen LogP contribution in [0.1, 0.15) is 30.6 Å². The molecule has 0 saturated carbocycles. The molecule has 0 aliphatic carbocycles. The number of pyridine rings is 1. The molecule has 0 bridgehead atoms. The molecule has 0 aromatic carbocycles. The van der Waals surface area contributed by atoms with Gasteiger partial charge in [-0.3, -0.25) is 15.1 Å². The van der Waals surface area contributed by atoms with Gasteiger partial charge in [0.15, 0.2) is 0 Å². The van der Waals surface area contributed by atoms with Crippen LogP contribution in [-0.2, 0) is 14.3 Å². The first-order valence-electron chi connectivity index (χ1n) is 6.16. The first kappa shape index (κ1) is 16.3. The topological polar surface area (TPSA) is 109 Å². The van der Waals surface area contributed by atoms with Crippen molar-refractivity contribution in [3.05, 3.63) is 46.0 Å². The Kier molecular flexibility index (Phi) is 5.99. The highest BCUT2D eigenvalue weighted by Gasteiger charge is 2.15. The fourth-order valence-corrected chi connectivity index (χ4v) is 1.33. The van der Waals surface area contributed by atoms with Crippen molar-refractivity contribution in [1.82, 2.24) is 4.98 Å². The van der Waals surface area contributed by atoms with Crippen LogP contribution < -0.4 is 0 Å². The summed E-state index contributed by atoms with van der Waals surface area (Å²) in [5.74, 6) is -1.42. The number of rotatable bonds is 6. The van der Waals surface area contributed by atoms with Gasteiger partial charge in [-0.1, -0.05) is 6.92 Å². The molecule has 0 unspecified atom stereocenters. The first-order valence-corrected chi connectivity index (χ1v) is 6.16. The van der Waals surface area contributed by atoms with Crippen molar-refractivity contribution in [1.29, 1.82) is 0 Å². The minimum atomic E-state index is -0.846. The number of nitrogens with zero attached hydrogens (tertiary/aromatic N) is 2. The van der Waals surface area contributed by atoms with Crippen molar-refractivity contribution in [3.8, 4) is 0 Å². The summed E-state index contributed by atoms with van der Waals surface area (Å²) in [6.07, 6.45) is 3.46. The SMILES string of the molecule is CCOC(=O)C(=COC(=O)c1cncc([N+](=O)[O-])c1)CC. The Morgan fingerprint density at radius 2 is 2.10 bits per heavy atom. The van der Waals surface area contributed by atoms with Gasteiger partial charge in [0, 0.05) is 12.3 Å². The summed E-state index contributed by atoms with van der Waals surface area (Å²) in [5.41, 5.74) is -0.224. The molecule has 1 rings (SSSR count). The van der Waals surface area contributed by atoms with Crippen molar-refractivity contribution in [2.75, 3.05) is 6.61 Å². The van der Waals surface area contributed by atoms with E-state index in [1.165, 1.54) is 0 Å². The van der Waals surface area contributed by atoms with Gasteiger partial charge in [0.05, 0.1) is 22.7 Å². The Morgan fingerprint density at radius 1 is 1.38 bits per heavy atom. The zero-order chi connectivity index (χ0) is 15.8. The Bertz CT molecular complexity index is 582. The predicted octanol–water partition coefficient (Wildman–Crippen LogP) is 2.00. The van der Waals surface area contributed by atoms with Gasteiger partial charge in [-0.15, -0.1) is 0 Å². The van der Waals surface area contributed by atoms with Gasteiger partial charge < -0.3 is 9.47 Å². The van der Waals surface area contributed by atoms with Crippen LogP contribution in [0.2, 0.25) is 0 Å². The number of ether oxygens (including phenoxy) is 2. The van der Waals surface area contributed by atoms with Gasteiger partial charge in [0.25, 0.3) is 5.69 Å². The van der Waals surface area contributed by atoms with E-state index in [2.05, 4.69) is 4.98 Å². The van der Waals surface area contributed by atoms with Gasteiger partial charge in [-0.05, 0) is 13.3 Å². The molecule has 8 nitrogen and oxygen atoms in total. The van der Waals surface area contributed by atoms with E-state index in [4.69, 9.17) is 9.47 Å². The van der Waals surface area contributed by atoms with E-state index >= 15 is 0 Å². The Balaban J connectivity index is 2.83. The van der Waals surface area contributed by atoms with Gasteiger partial charge in [0.2, 0.25) is 0 Å². The number of hydrogen-bond acceptors (Lipinski definition) is 7. The molecule has 21 heavy (non-hydrogen) atoms. The molecular weight excluding hydrogens is 280 g/mol. The Hall–Kier alpha value is -2.77. The molecule has 0 fully saturated rings. The smallest absolute Gasteiger partial charge is 0.344 e. The predicted molar refractivity (Wildman–Crippen MR) is 71.3 cm³/mol. The van der Waals surface area contributed by atoms with Crippen LogP contribution in [0.15, 0.2) is 30.3 Å². The standard InChI is InChI=1S/C13H14N2O6/c1-3-9(12(16)20-4-2)8-21-13(17)10-5-11(15(18)19)7-14-6-10/h5-8H,3-4H2,1-2H3. The van der Waals surface area contributed by atoms with Crippen LogP contribution in [0.5, 0.6) is 0 Å². The molecule has 1 heterocycles. The number of aromatic nitrogens is 1. The molecular formula is C13H14N2O6. The Labute approximate surface area is 120 Å². The normalized spacial score (nSPS) is 10.9. The lowest BCUT2D eigenvalue weighted by molar-refractivity contribution is -0.385. The summed E-state index contributed by atoms with van der Waals surface area (Å²) < 4.78 is 9.60. The number of carbonyl (C=O) groups excluding carboxylic acids is 2. The second kappa shape index (κ2) is 7.73. The Morgan fingerprint density at radius 3 is 2.67 bits per heavy atom. The lowest BCUT2D eigenvalue weighted by Gasteiger charge is -2.04. The molecule has 8 heteroatoms. The summed E-state index contributed by atoms with van der Waals surface area (Å²) in [5, 5.41) is 10.6. The summed E-state index contributed by atoms with van der Waals surface area (Å²) in [7, 11) is 0. The molecule has 0 spiro atoms. The highest BCUT2D eigenvalue weighted by Crippen LogP contribution is 2.13. The molecule has 0 atom stereocenters. The third kappa shape index (κ3) is 4.68. The maximum atomic E-state index is 11.7. The zero-order valence-electron chi connectivity index (χ0n) is 11.6. The second-order valence-corrected chi connectivity index (χ2v) is 3.81. The zero-order valence-corrected chi connectivity index (χ0v) is 11.6. The van der Waals surface area contributed by atoms with Crippen LogP contribution in [-0.4, -0.2) is 28.5 Å². The van der Waals surface area contributed by atoms with Gasteiger partial charge in [-0.2, -0.15) is 0 Å². The molecule has 1 aromatic heterocycles. The van der Waals surface area contributed by atoms with E-state index in [1.54, 1.807) is 13.8 Å². The number of carbonyl (C=O) groups is 2. The molecule has 0 saturated heterocycles. The highest BCUT2D eigenvalue weighted by atomic mass is 16.6. The first-order chi connectivity index (χ1) is 9.99. The van der Waals surface area contributed by atoms with Gasteiger partial charge in [0.1, 0.15) is 12.5 Å². The number of esters is 2. The molecule has 0 aliphatic heterocycles. The van der Waals surface area contributed by atoms with Crippen molar-refractivity contribution >= 4 is 17.6 Å². The number of hydrogen-bond donors (Lipinski definition) is 0. The van der Waals surface area contributed by atoms with Crippen LogP contribution in [0.4, 0.5) is 5.69 Å². The highest BCUT2D eigenvalue weighted by molar-refractivity contribution is 5.92. The van der Waals surface area contributed by atoms with E-state index in [0.29, 0.717) is 6.42 Å². The lowest BCUT2D eigenvalue weighted by Crippen LogP contribution is -2.09. The summed E-state index contributed by atoms with van der Waals surface area (Å²) in [6.45, 7) is 3.57. The average Bonchev–Trinajstić information content (AvgIpc) is 2.48. The van der Waals surface area contributed by atoms with Crippen LogP contribution in [0.3, 0.4) is 0 Å². The van der Waals surface area contributed by atoms with Gasteiger partial charge in [-0.25, -0.2) is 9.59 Å². The average molecular weight is 294 g/mol. The summed E-state index contributed by atoms with van der Waals surface area (Å²) in [6, 6.07) is 1.04. The minimum Gasteiger partial charge on any atom is -0.463 e. The second-order valence-electron chi connectivity index (χ2n) is 3.81. The molecule has 112 valence electrons. The van der Waals surface area contributed by atoms with Crippen molar-refractivity contribution in [2.45, 2.75) is 20.3 Å². The fourth-order valence-electron chi connectivity index (χ4n) is 1.33. The summed E-state index contributed by atoms with van der Waals surface area (Å²) >= 11 is 0. The van der Waals surface area contributed by atoms with E-state index in [1.807, 2.05) is 0 Å².